The lowest BCUT2D eigenvalue weighted by Gasteiger charge is -2.17. The lowest BCUT2D eigenvalue weighted by atomic mass is 9.98. The molecule has 0 aliphatic rings. The van der Waals surface area contributed by atoms with Crippen molar-refractivity contribution in [3.63, 3.8) is 0 Å². The number of aryl methyl sites for hydroxylation is 1. The standard InChI is InChI=1S/C14H16IN3O/c1-8(2)10-6-4-5-9(3)12(10)18-13-11(15)14(19)17-7-16-13/h4-8H,1-3H3,(H2,16,17,18,19). The van der Waals surface area contributed by atoms with Gasteiger partial charge in [-0.05, 0) is 46.6 Å². The number of H-pyrrole nitrogens is 1. The highest BCUT2D eigenvalue weighted by Crippen LogP contribution is 2.30. The van der Waals surface area contributed by atoms with E-state index in [4.69, 9.17) is 0 Å². The quantitative estimate of drug-likeness (QED) is 0.814. The van der Waals surface area contributed by atoms with Crippen LogP contribution in [0.4, 0.5) is 11.5 Å². The van der Waals surface area contributed by atoms with E-state index in [9.17, 15) is 4.79 Å². The Kier molecular flexibility index (Phi) is 4.24. The van der Waals surface area contributed by atoms with Gasteiger partial charge in [0.1, 0.15) is 3.57 Å². The Morgan fingerprint density at radius 2 is 2.11 bits per heavy atom. The summed E-state index contributed by atoms with van der Waals surface area (Å²) in [6.45, 7) is 6.35. The monoisotopic (exact) mass is 369 g/mol. The fraction of sp³-hybridized carbons (Fsp3) is 0.286. The Morgan fingerprint density at radius 1 is 1.37 bits per heavy atom. The van der Waals surface area contributed by atoms with Crippen molar-refractivity contribution >= 4 is 34.1 Å². The molecule has 100 valence electrons. The Balaban J connectivity index is 2.49. The number of para-hydroxylation sites is 1. The molecule has 0 bridgehead atoms. The van der Waals surface area contributed by atoms with Crippen molar-refractivity contribution in [1.82, 2.24) is 9.97 Å². The van der Waals surface area contributed by atoms with E-state index in [0.29, 0.717) is 15.3 Å². The van der Waals surface area contributed by atoms with Gasteiger partial charge >= 0.3 is 0 Å². The number of rotatable bonds is 3. The molecule has 0 radical (unpaired) electrons. The molecule has 0 spiro atoms. The van der Waals surface area contributed by atoms with Crippen LogP contribution in [-0.4, -0.2) is 9.97 Å². The Hall–Kier alpha value is -1.37. The summed E-state index contributed by atoms with van der Waals surface area (Å²) in [5.74, 6) is 1.00. The summed E-state index contributed by atoms with van der Waals surface area (Å²) in [5, 5.41) is 3.29. The molecule has 5 heteroatoms. The zero-order valence-corrected chi connectivity index (χ0v) is 13.3. The van der Waals surface area contributed by atoms with Crippen molar-refractivity contribution in [2.24, 2.45) is 0 Å². The smallest absolute Gasteiger partial charge is 0.266 e. The summed E-state index contributed by atoms with van der Waals surface area (Å²) in [7, 11) is 0. The van der Waals surface area contributed by atoms with E-state index >= 15 is 0 Å². The second kappa shape index (κ2) is 5.73. The average molecular weight is 369 g/mol. The first-order valence-corrected chi connectivity index (χ1v) is 7.18. The van der Waals surface area contributed by atoms with Gasteiger partial charge in [0.15, 0.2) is 5.82 Å². The predicted molar refractivity (Wildman–Crippen MR) is 86.1 cm³/mol. The minimum atomic E-state index is -0.127. The molecule has 2 aromatic rings. The van der Waals surface area contributed by atoms with E-state index < -0.39 is 0 Å². The van der Waals surface area contributed by atoms with Crippen LogP contribution in [0, 0.1) is 10.5 Å². The van der Waals surface area contributed by atoms with Crippen LogP contribution in [0.15, 0.2) is 29.3 Å². The third kappa shape index (κ3) is 2.97. The Labute approximate surface area is 125 Å². The largest absolute Gasteiger partial charge is 0.339 e. The van der Waals surface area contributed by atoms with Gasteiger partial charge < -0.3 is 10.3 Å². The van der Waals surface area contributed by atoms with Crippen LogP contribution in [0.5, 0.6) is 0 Å². The highest BCUT2D eigenvalue weighted by atomic mass is 127. The molecule has 0 aliphatic carbocycles. The zero-order valence-electron chi connectivity index (χ0n) is 11.1. The number of anilines is 2. The molecule has 2 rings (SSSR count). The molecule has 0 aliphatic heterocycles. The van der Waals surface area contributed by atoms with Gasteiger partial charge in [-0.3, -0.25) is 4.79 Å². The molecule has 0 atom stereocenters. The van der Waals surface area contributed by atoms with Gasteiger partial charge in [-0.25, -0.2) is 4.98 Å². The maximum atomic E-state index is 11.6. The maximum Gasteiger partial charge on any atom is 0.266 e. The predicted octanol–water partition coefficient (Wildman–Crippen LogP) is 3.55. The number of aromatic amines is 1. The molecule has 19 heavy (non-hydrogen) atoms. The second-order valence-electron chi connectivity index (χ2n) is 4.71. The highest BCUT2D eigenvalue weighted by Gasteiger charge is 2.12. The fourth-order valence-corrected chi connectivity index (χ4v) is 2.36. The lowest BCUT2D eigenvalue weighted by molar-refractivity contribution is 0.867. The molecular formula is C14H16IN3O. The molecule has 1 heterocycles. The number of benzene rings is 1. The van der Waals surface area contributed by atoms with Crippen molar-refractivity contribution in [3.8, 4) is 0 Å². The number of nitrogens with one attached hydrogen (secondary N) is 2. The van der Waals surface area contributed by atoms with Gasteiger partial charge in [0.2, 0.25) is 0 Å². The molecule has 0 saturated heterocycles. The summed E-state index contributed by atoms with van der Waals surface area (Å²) in [5.41, 5.74) is 3.27. The number of aromatic nitrogens is 2. The molecule has 0 saturated carbocycles. The summed E-state index contributed by atoms with van der Waals surface area (Å²) in [6.07, 6.45) is 1.42. The first-order chi connectivity index (χ1) is 9.00. The maximum absolute atomic E-state index is 11.6. The summed E-state index contributed by atoms with van der Waals surface area (Å²) < 4.78 is 0.568. The van der Waals surface area contributed by atoms with Crippen LogP contribution in [-0.2, 0) is 0 Å². The van der Waals surface area contributed by atoms with Gasteiger partial charge in [0.05, 0.1) is 6.33 Å². The molecule has 0 amide bonds. The third-order valence-electron chi connectivity index (χ3n) is 2.97. The van der Waals surface area contributed by atoms with Gasteiger partial charge in [0, 0.05) is 5.69 Å². The van der Waals surface area contributed by atoms with E-state index in [2.05, 4.69) is 35.2 Å². The van der Waals surface area contributed by atoms with Crippen molar-refractivity contribution in [2.45, 2.75) is 26.7 Å². The van der Waals surface area contributed by atoms with Crippen LogP contribution in [0.25, 0.3) is 0 Å². The van der Waals surface area contributed by atoms with E-state index in [1.54, 1.807) is 0 Å². The molecule has 1 aromatic heterocycles. The zero-order chi connectivity index (χ0) is 14.0. The SMILES string of the molecule is Cc1cccc(C(C)C)c1Nc1nc[nH]c(=O)c1I. The van der Waals surface area contributed by atoms with Gasteiger partial charge in [-0.2, -0.15) is 0 Å². The van der Waals surface area contributed by atoms with Crippen LogP contribution in [0.1, 0.15) is 30.9 Å². The summed E-state index contributed by atoms with van der Waals surface area (Å²) >= 11 is 2.00. The van der Waals surface area contributed by atoms with Gasteiger partial charge in [-0.15, -0.1) is 0 Å². The topological polar surface area (TPSA) is 57.8 Å². The van der Waals surface area contributed by atoms with Crippen molar-refractivity contribution in [2.75, 3.05) is 5.32 Å². The van der Waals surface area contributed by atoms with Crippen LogP contribution in [0.3, 0.4) is 0 Å². The third-order valence-corrected chi connectivity index (χ3v) is 3.97. The number of hydrogen-bond acceptors (Lipinski definition) is 3. The van der Waals surface area contributed by atoms with Crippen molar-refractivity contribution in [1.29, 1.82) is 0 Å². The molecule has 0 fully saturated rings. The minimum absolute atomic E-state index is 0.127. The Bertz CT molecular complexity index is 649. The van der Waals surface area contributed by atoms with E-state index in [1.807, 2.05) is 41.6 Å². The average Bonchev–Trinajstić information content (AvgIpc) is 2.36. The molecule has 1 aromatic carbocycles. The number of halogens is 1. The molecule has 0 unspecified atom stereocenters. The van der Waals surface area contributed by atoms with E-state index in [1.165, 1.54) is 11.9 Å². The van der Waals surface area contributed by atoms with E-state index in [0.717, 1.165) is 11.3 Å². The summed E-state index contributed by atoms with van der Waals surface area (Å²) in [6, 6.07) is 6.19. The minimum Gasteiger partial charge on any atom is -0.339 e. The van der Waals surface area contributed by atoms with Crippen LogP contribution < -0.4 is 10.9 Å². The van der Waals surface area contributed by atoms with Crippen LogP contribution >= 0.6 is 22.6 Å². The fourth-order valence-electron chi connectivity index (χ4n) is 1.93. The summed E-state index contributed by atoms with van der Waals surface area (Å²) in [4.78, 5) is 18.4. The van der Waals surface area contributed by atoms with Gasteiger partial charge in [0.25, 0.3) is 5.56 Å². The first kappa shape index (κ1) is 14.0. The van der Waals surface area contributed by atoms with Crippen LogP contribution in [0.2, 0.25) is 0 Å². The van der Waals surface area contributed by atoms with E-state index in [-0.39, 0.29) is 5.56 Å². The number of hydrogen-bond donors (Lipinski definition) is 2. The molecule has 2 N–H and O–H groups in total. The molecule has 4 nitrogen and oxygen atoms in total. The normalized spacial score (nSPS) is 10.8. The Morgan fingerprint density at radius 3 is 2.79 bits per heavy atom. The van der Waals surface area contributed by atoms with Gasteiger partial charge in [-0.1, -0.05) is 32.0 Å². The highest BCUT2D eigenvalue weighted by molar-refractivity contribution is 14.1. The second-order valence-corrected chi connectivity index (χ2v) is 5.79. The molecular weight excluding hydrogens is 353 g/mol. The first-order valence-electron chi connectivity index (χ1n) is 6.10. The van der Waals surface area contributed by atoms with Crippen molar-refractivity contribution in [3.05, 3.63) is 49.6 Å². The lowest BCUT2D eigenvalue weighted by Crippen LogP contribution is -2.13. The van der Waals surface area contributed by atoms with Crippen molar-refractivity contribution < 1.29 is 0 Å². The number of nitrogens with zero attached hydrogens (tertiary/aromatic N) is 1.